The Kier molecular flexibility index (Phi) is 4.91. The largest absolute Gasteiger partial charge is 0.353 e. The molecular formula is C22H35N3O2. The maximum atomic E-state index is 12.9. The van der Waals surface area contributed by atoms with Crippen molar-refractivity contribution in [3.63, 3.8) is 0 Å². The third-order valence-electron chi connectivity index (χ3n) is 7.61. The third kappa shape index (κ3) is 4.18. The van der Waals surface area contributed by atoms with Gasteiger partial charge in [-0.15, -0.1) is 0 Å². The molecule has 0 radical (unpaired) electrons. The minimum Gasteiger partial charge on any atom is -0.353 e. The van der Waals surface area contributed by atoms with Gasteiger partial charge in [-0.2, -0.15) is 0 Å². The summed E-state index contributed by atoms with van der Waals surface area (Å²) in [6.07, 6.45) is 11.8. The van der Waals surface area contributed by atoms with Crippen LogP contribution in [0.5, 0.6) is 0 Å². The zero-order valence-electron chi connectivity index (χ0n) is 16.6. The molecule has 0 aromatic heterocycles. The quantitative estimate of drug-likeness (QED) is 0.778. The fraction of sp³-hybridized carbons (Fsp3) is 0.909. The first-order chi connectivity index (χ1) is 13.2. The van der Waals surface area contributed by atoms with Gasteiger partial charge in [-0.05, 0) is 82.6 Å². The van der Waals surface area contributed by atoms with Crippen LogP contribution in [0.15, 0.2) is 0 Å². The standard InChI is InChI=1S/C22H35N3O2/c26-21(23-20(15-3-4-15)16-5-6-16)18-2-1-11-25(14-18)19-9-12-24(13-10-19)22(27)17-7-8-17/h15-20H,1-14H2,(H,23,26)/t18-/m0/s1. The lowest BCUT2D eigenvalue weighted by atomic mass is 9.92. The predicted molar refractivity (Wildman–Crippen MR) is 104 cm³/mol. The predicted octanol–water partition coefficient (Wildman–Crippen LogP) is 2.40. The number of hydrogen-bond donors (Lipinski definition) is 1. The van der Waals surface area contributed by atoms with Crippen LogP contribution in [0.3, 0.4) is 0 Å². The molecule has 5 rings (SSSR count). The van der Waals surface area contributed by atoms with E-state index < -0.39 is 0 Å². The number of likely N-dealkylation sites (tertiary alicyclic amines) is 2. The summed E-state index contributed by atoms with van der Waals surface area (Å²) >= 11 is 0. The molecule has 2 heterocycles. The molecule has 150 valence electrons. The number of nitrogens with zero attached hydrogens (tertiary/aromatic N) is 2. The van der Waals surface area contributed by atoms with Gasteiger partial charge in [-0.25, -0.2) is 0 Å². The molecule has 0 spiro atoms. The summed E-state index contributed by atoms with van der Waals surface area (Å²) in [6, 6.07) is 1.04. The van der Waals surface area contributed by atoms with Gasteiger partial charge in [-0.1, -0.05) is 0 Å². The Labute approximate surface area is 163 Å². The van der Waals surface area contributed by atoms with E-state index >= 15 is 0 Å². The van der Waals surface area contributed by atoms with E-state index in [0.29, 0.717) is 29.8 Å². The van der Waals surface area contributed by atoms with Gasteiger partial charge in [0.2, 0.25) is 11.8 Å². The van der Waals surface area contributed by atoms with Crippen molar-refractivity contribution >= 4 is 11.8 Å². The Morgan fingerprint density at radius 2 is 1.44 bits per heavy atom. The number of carbonyl (C=O) groups is 2. The van der Waals surface area contributed by atoms with E-state index in [0.717, 1.165) is 76.5 Å². The summed E-state index contributed by atoms with van der Waals surface area (Å²) in [7, 11) is 0. The highest BCUT2D eigenvalue weighted by Crippen LogP contribution is 2.44. The highest BCUT2D eigenvalue weighted by Gasteiger charge is 2.43. The van der Waals surface area contributed by atoms with Crippen molar-refractivity contribution in [3.8, 4) is 0 Å². The Bertz CT molecular complexity index is 562. The topological polar surface area (TPSA) is 52.7 Å². The van der Waals surface area contributed by atoms with Crippen LogP contribution in [0.25, 0.3) is 0 Å². The normalized spacial score (nSPS) is 30.6. The molecule has 5 fully saturated rings. The SMILES string of the molecule is O=C(NC(C1CC1)C1CC1)[C@H]1CCCN(C2CCN(C(=O)C3CC3)CC2)C1. The van der Waals surface area contributed by atoms with Crippen LogP contribution in [0.2, 0.25) is 0 Å². The molecule has 3 saturated carbocycles. The number of hydrogen-bond acceptors (Lipinski definition) is 3. The molecule has 1 atom stereocenters. The van der Waals surface area contributed by atoms with Crippen molar-refractivity contribution in [2.75, 3.05) is 26.2 Å². The van der Waals surface area contributed by atoms with Crippen LogP contribution < -0.4 is 5.32 Å². The van der Waals surface area contributed by atoms with Crippen molar-refractivity contribution in [1.29, 1.82) is 0 Å². The zero-order valence-corrected chi connectivity index (χ0v) is 16.6. The van der Waals surface area contributed by atoms with E-state index in [9.17, 15) is 9.59 Å². The van der Waals surface area contributed by atoms with Crippen molar-refractivity contribution in [2.24, 2.45) is 23.7 Å². The first kappa shape index (κ1) is 18.0. The molecule has 2 amide bonds. The number of nitrogens with one attached hydrogen (secondary N) is 1. The second-order valence-corrected chi connectivity index (χ2v) is 9.87. The lowest BCUT2D eigenvalue weighted by Crippen LogP contribution is -2.52. The molecule has 5 aliphatic rings. The highest BCUT2D eigenvalue weighted by atomic mass is 16.2. The Morgan fingerprint density at radius 3 is 2.04 bits per heavy atom. The molecule has 0 bridgehead atoms. The molecule has 0 aromatic rings. The zero-order chi connectivity index (χ0) is 18.4. The van der Waals surface area contributed by atoms with Crippen molar-refractivity contribution in [3.05, 3.63) is 0 Å². The van der Waals surface area contributed by atoms with Gasteiger partial charge in [0.05, 0.1) is 5.92 Å². The fourth-order valence-electron chi connectivity index (χ4n) is 5.41. The molecule has 5 nitrogen and oxygen atoms in total. The average Bonchev–Trinajstić information content (AvgIpc) is 3.58. The minimum absolute atomic E-state index is 0.171. The number of amides is 2. The van der Waals surface area contributed by atoms with Gasteiger partial charge in [0.25, 0.3) is 0 Å². The minimum atomic E-state index is 0.171. The van der Waals surface area contributed by atoms with Gasteiger partial charge < -0.3 is 10.2 Å². The van der Waals surface area contributed by atoms with E-state index in [2.05, 4.69) is 15.1 Å². The molecule has 1 N–H and O–H groups in total. The van der Waals surface area contributed by atoms with Crippen LogP contribution in [-0.4, -0.2) is 59.9 Å². The maximum Gasteiger partial charge on any atom is 0.225 e. The Hall–Kier alpha value is -1.10. The van der Waals surface area contributed by atoms with E-state index in [1.54, 1.807) is 0 Å². The smallest absolute Gasteiger partial charge is 0.225 e. The molecule has 2 aliphatic heterocycles. The van der Waals surface area contributed by atoms with Crippen LogP contribution in [0.4, 0.5) is 0 Å². The van der Waals surface area contributed by atoms with Gasteiger partial charge in [0.15, 0.2) is 0 Å². The van der Waals surface area contributed by atoms with Crippen LogP contribution in [0, 0.1) is 23.7 Å². The van der Waals surface area contributed by atoms with Gasteiger partial charge in [0.1, 0.15) is 0 Å². The summed E-state index contributed by atoms with van der Waals surface area (Å²) in [6.45, 7) is 3.88. The molecule has 5 heteroatoms. The van der Waals surface area contributed by atoms with E-state index in [-0.39, 0.29) is 5.92 Å². The molecular weight excluding hydrogens is 338 g/mol. The summed E-state index contributed by atoms with van der Waals surface area (Å²) in [5.41, 5.74) is 0. The lowest BCUT2D eigenvalue weighted by molar-refractivity contribution is -0.134. The Morgan fingerprint density at radius 1 is 0.778 bits per heavy atom. The molecule has 27 heavy (non-hydrogen) atoms. The van der Waals surface area contributed by atoms with Crippen molar-refractivity contribution in [2.45, 2.75) is 76.3 Å². The second-order valence-electron chi connectivity index (χ2n) is 9.87. The molecule has 3 aliphatic carbocycles. The second kappa shape index (κ2) is 7.38. The molecule has 0 unspecified atom stereocenters. The van der Waals surface area contributed by atoms with E-state index in [4.69, 9.17) is 0 Å². The number of rotatable bonds is 6. The van der Waals surface area contributed by atoms with Crippen molar-refractivity contribution in [1.82, 2.24) is 15.1 Å². The monoisotopic (exact) mass is 373 g/mol. The lowest BCUT2D eigenvalue weighted by Gasteiger charge is -2.42. The van der Waals surface area contributed by atoms with Crippen LogP contribution >= 0.6 is 0 Å². The van der Waals surface area contributed by atoms with Crippen molar-refractivity contribution < 1.29 is 9.59 Å². The number of piperidine rings is 2. The Balaban J connectivity index is 1.12. The third-order valence-corrected chi connectivity index (χ3v) is 7.61. The summed E-state index contributed by atoms with van der Waals surface area (Å²) in [4.78, 5) is 29.9. The average molecular weight is 374 g/mol. The van der Waals surface area contributed by atoms with Gasteiger partial charge >= 0.3 is 0 Å². The van der Waals surface area contributed by atoms with Gasteiger partial charge in [-0.3, -0.25) is 14.5 Å². The van der Waals surface area contributed by atoms with Gasteiger partial charge in [0, 0.05) is 37.6 Å². The van der Waals surface area contributed by atoms with E-state index in [1.807, 2.05) is 0 Å². The maximum absolute atomic E-state index is 12.9. The fourth-order valence-corrected chi connectivity index (χ4v) is 5.41. The van der Waals surface area contributed by atoms with Crippen LogP contribution in [0.1, 0.15) is 64.2 Å². The molecule has 2 saturated heterocycles. The van der Waals surface area contributed by atoms with E-state index in [1.165, 1.54) is 25.7 Å². The summed E-state index contributed by atoms with van der Waals surface area (Å²) < 4.78 is 0. The van der Waals surface area contributed by atoms with Crippen LogP contribution in [-0.2, 0) is 9.59 Å². The first-order valence-corrected chi connectivity index (χ1v) is 11.5. The first-order valence-electron chi connectivity index (χ1n) is 11.5. The number of carbonyl (C=O) groups excluding carboxylic acids is 2. The molecule has 0 aromatic carbocycles. The summed E-state index contributed by atoms with van der Waals surface area (Å²) in [5, 5.41) is 3.46. The highest BCUT2D eigenvalue weighted by molar-refractivity contribution is 5.81. The summed E-state index contributed by atoms with van der Waals surface area (Å²) in [5.74, 6) is 2.78.